The Morgan fingerprint density at radius 2 is 2.10 bits per heavy atom. The van der Waals surface area contributed by atoms with E-state index in [1.54, 1.807) is 14.0 Å². The van der Waals surface area contributed by atoms with Crippen molar-refractivity contribution >= 4 is 5.78 Å². The Hall–Kier alpha value is -0.370. The molecule has 0 saturated carbocycles. The van der Waals surface area contributed by atoms with Crippen molar-refractivity contribution in [3.63, 3.8) is 0 Å². The molecule has 0 aliphatic heterocycles. The molecule has 0 radical (unpaired) electrons. The van der Waals surface area contributed by atoms with Gasteiger partial charge in [-0.15, -0.1) is 0 Å². The highest BCUT2D eigenvalue weighted by atomic mass is 16.5. The molecule has 60 valence electrons. The summed E-state index contributed by atoms with van der Waals surface area (Å²) in [5, 5.41) is 0. The van der Waals surface area contributed by atoms with E-state index in [1.807, 2.05) is 13.8 Å². The number of carbonyl (C=O) groups excluding carboxylic acids is 1. The third-order valence-electron chi connectivity index (χ3n) is 1.92. The van der Waals surface area contributed by atoms with Gasteiger partial charge in [0.15, 0.2) is 5.78 Å². The van der Waals surface area contributed by atoms with Crippen molar-refractivity contribution in [3.8, 4) is 0 Å². The van der Waals surface area contributed by atoms with Crippen LogP contribution >= 0.6 is 0 Å². The fraction of sp³-hybridized carbons (Fsp3) is 0.875. The quantitative estimate of drug-likeness (QED) is 0.601. The van der Waals surface area contributed by atoms with Crippen LogP contribution in [-0.2, 0) is 9.53 Å². The number of rotatable bonds is 4. The molecule has 0 aromatic carbocycles. The summed E-state index contributed by atoms with van der Waals surface area (Å²) in [5.74, 6) is 0.108. The average molecular weight is 144 g/mol. The molecule has 0 aliphatic carbocycles. The van der Waals surface area contributed by atoms with Gasteiger partial charge in [0.1, 0.15) is 5.60 Å². The summed E-state index contributed by atoms with van der Waals surface area (Å²) in [6.45, 7) is 5.44. The maximum absolute atomic E-state index is 11.0. The zero-order valence-corrected chi connectivity index (χ0v) is 7.23. The molecule has 1 unspecified atom stereocenters. The minimum absolute atomic E-state index is 0.108. The van der Waals surface area contributed by atoms with E-state index >= 15 is 0 Å². The topological polar surface area (TPSA) is 26.3 Å². The highest BCUT2D eigenvalue weighted by molar-refractivity contribution is 5.84. The molecule has 0 bridgehead atoms. The van der Waals surface area contributed by atoms with Gasteiger partial charge in [0.25, 0.3) is 0 Å². The summed E-state index contributed by atoms with van der Waals surface area (Å²) in [4.78, 5) is 11.0. The number of ketones is 1. The first kappa shape index (κ1) is 9.63. The Morgan fingerprint density at radius 3 is 2.20 bits per heavy atom. The Kier molecular flexibility index (Phi) is 3.58. The third kappa shape index (κ3) is 2.10. The van der Waals surface area contributed by atoms with Crippen LogP contribution in [0.25, 0.3) is 0 Å². The second-order valence-corrected chi connectivity index (χ2v) is 2.74. The highest BCUT2D eigenvalue weighted by Crippen LogP contribution is 2.16. The molecule has 2 heteroatoms. The maximum atomic E-state index is 11.0. The normalized spacial score (nSPS) is 16.4. The van der Waals surface area contributed by atoms with Crippen LogP contribution in [0, 0.1) is 0 Å². The number of hydrogen-bond acceptors (Lipinski definition) is 2. The molecule has 0 heterocycles. The fourth-order valence-electron chi connectivity index (χ4n) is 0.899. The molecule has 0 rings (SSSR count). The molecule has 2 nitrogen and oxygen atoms in total. The Labute approximate surface area is 62.6 Å². The standard InChI is InChI=1S/C8H16O2/c1-5-6-8(3,10-4)7(2)9/h5-6H2,1-4H3. The molecule has 0 N–H and O–H groups in total. The van der Waals surface area contributed by atoms with Crippen LogP contribution in [0.2, 0.25) is 0 Å². The second kappa shape index (κ2) is 3.71. The van der Waals surface area contributed by atoms with Gasteiger partial charge in [-0.25, -0.2) is 0 Å². The second-order valence-electron chi connectivity index (χ2n) is 2.74. The number of carbonyl (C=O) groups is 1. The molecule has 0 aliphatic rings. The van der Waals surface area contributed by atoms with E-state index in [1.165, 1.54) is 0 Å². The molecule has 0 aromatic heterocycles. The van der Waals surface area contributed by atoms with Gasteiger partial charge in [-0.3, -0.25) is 4.79 Å². The summed E-state index contributed by atoms with van der Waals surface area (Å²) in [6, 6.07) is 0. The predicted octanol–water partition coefficient (Wildman–Crippen LogP) is 1.78. The van der Waals surface area contributed by atoms with Gasteiger partial charge < -0.3 is 4.74 Å². The minimum atomic E-state index is -0.547. The number of hydrogen-bond donors (Lipinski definition) is 0. The fourth-order valence-corrected chi connectivity index (χ4v) is 0.899. The smallest absolute Gasteiger partial charge is 0.161 e. The lowest BCUT2D eigenvalue weighted by Gasteiger charge is -2.23. The molecule has 0 amide bonds. The van der Waals surface area contributed by atoms with E-state index in [9.17, 15) is 4.79 Å². The van der Waals surface area contributed by atoms with E-state index in [2.05, 4.69) is 0 Å². The molecule has 0 saturated heterocycles. The highest BCUT2D eigenvalue weighted by Gasteiger charge is 2.27. The molecule has 1 atom stereocenters. The largest absolute Gasteiger partial charge is 0.371 e. The minimum Gasteiger partial charge on any atom is -0.371 e. The Bertz CT molecular complexity index is 120. The molecular weight excluding hydrogens is 128 g/mol. The number of Topliss-reactive ketones (excluding diaryl/α,β-unsaturated/α-hetero) is 1. The van der Waals surface area contributed by atoms with Crippen LogP contribution in [0.5, 0.6) is 0 Å². The molecule has 0 fully saturated rings. The predicted molar refractivity (Wildman–Crippen MR) is 41.0 cm³/mol. The summed E-state index contributed by atoms with van der Waals surface area (Å²) in [7, 11) is 1.58. The van der Waals surface area contributed by atoms with Crippen LogP contribution in [0.1, 0.15) is 33.6 Å². The average Bonchev–Trinajstić information content (AvgIpc) is 1.88. The summed E-state index contributed by atoms with van der Waals surface area (Å²) >= 11 is 0. The van der Waals surface area contributed by atoms with E-state index in [4.69, 9.17) is 4.74 Å². The Balaban J connectivity index is 4.08. The van der Waals surface area contributed by atoms with Gasteiger partial charge in [-0.05, 0) is 20.3 Å². The number of methoxy groups -OCH3 is 1. The van der Waals surface area contributed by atoms with Crippen molar-refractivity contribution in [2.45, 2.75) is 39.2 Å². The van der Waals surface area contributed by atoms with Crippen LogP contribution in [0.15, 0.2) is 0 Å². The van der Waals surface area contributed by atoms with Gasteiger partial charge in [-0.1, -0.05) is 13.3 Å². The van der Waals surface area contributed by atoms with Crippen molar-refractivity contribution in [2.24, 2.45) is 0 Å². The monoisotopic (exact) mass is 144 g/mol. The van der Waals surface area contributed by atoms with E-state index in [0.29, 0.717) is 0 Å². The third-order valence-corrected chi connectivity index (χ3v) is 1.92. The lowest BCUT2D eigenvalue weighted by Crippen LogP contribution is -2.35. The van der Waals surface area contributed by atoms with Crippen molar-refractivity contribution in [2.75, 3.05) is 7.11 Å². The lowest BCUT2D eigenvalue weighted by molar-refractivity contribution is -0.137. The summed E-state index contributed by atoms with van der Waals surface area (Å²) in [5.41, 5.74) is -0.547. The van der Waals surface area contributed by atoms with Gasteiger partial charge in [0, 0.05) is 7.11 Å². The molecule has 0 aromatic rings. The van der Waals surface area contributed by atoms with Crippen molar-refractivity contribution in [1.29, 1.82) is 0 Å². The zero-order valence-electron chi connectivity index (χ0n) is 7.23. The van der Waals surface area contributed by atoms with E-state index < -0.39 is 5.60 Å². The first-order valence-electron chi connectivity index (χ1n) is 3.63. The number of ether oxygens (including phenoxy) is 1. The first-order chi connectivity index (χ1) is 4.56. The van der Waals surface area contributed by atoms with Crippen LogP contribution in [0.4, 0.5) is 0 Å². The van der Waals surface area contributed by atoms with Crippen LogP contribution < -0.4 is 0 Å². The van der Waals surface area contributed by atoms with E-state index in [-0.39, 0.29) is 5.78 Å². The summed E-state index contributed by atoms with van der Waals surface area (Å²) < 4.78 is 5.09. The lowest BCUT2D eigenvalue weighted by atomic mass is 9.96. The van der Waals surface area contributed by atoms with Crippen molar-refractivity contribution in [1.82, 2.24) is 0 Å². The van der Waals surface area contributed by atoms with Gasteiger partial charge >= 0.3 is 0 Å². The van der Waals surface area contributed by atoms with E-state index in [0.717, 1.165) is 12.8 Å². The van der Waals surface area contributed by atoms with Gasteiger partial charge in [0.2, 0.25) is 0 Å². The van der Waals surface area contributed by atoms with Gasteiger partial charge in [-0.2, -0.15) is 0 Å². The zero-order chi connectivity index (χ0) is 8.20. The van der Waals surface area contributed by atoms with Crippen LogP contribution in [0.3, 0.4) is 0 Å². The SMILES string of the molecule is CCCC(C)(OC)C(C)=O. The van der Waals surface area contributed by atoms with Crippen LogP contribution in [-0.4, -0.2) is 18.5 Å². The Morgan fingerprint density at radius 1 is 1.60 bits per heavy atom. The summed E-state index contributed by atoms with van der Waals surface area (Å²) in [6.07, 6.45) is 1.78. The van der Waals surface area contributed by atoms with Gasteiger partial charge in [0.05, 0.1) is 0 Å². The maximum Gasteiger partial charge on any atom is 0.161 e. The molecular formula is C8H16O2. The molecule has 0 spiro atoms. The van der Waals surface area contributed by atoms with Crippen molar-refractivity contribution in [3.05, 3.63) is 0 Å². The first-order valence-corrected chi connectivity index (χ1v) is 3.63. The van der Waals surface area contributed by atoms with Crippen molar-refractivity contribution < 1.29 is 9.53 Å². The molecule has 10 heavy (non-hydrogen) atoms.